The first-order valence-corrected chi connectivity index (χ1v) is 16.0. The Balaban J connectivity index is 1.61. The smallest absolute Gasteiger partial charge is 0.266 e. The second-order valence-electron chi connectivity index (χ2n) is 9.18. The second kappa shape index (κ2) is 13.7. The van der Waals surface area contributed by atoms with Crippen LogP contribution >= 0.6 is 24.0 Å². The number of methoxy groups -OCH3 is 3. The van der Waals surface area contributed by atoms with Crippen molar-refractivity contribution in [1.82, 2.24) is 14.8 Å². The molecule has 0 saturated carbocycles. The van der Waals surface area contributed by atoms with Crippen molar-refractivity contribution in [2.24, 2.45) is 0 Å². The molecule has 1 fully saturated rings. The summed E-state index contributed by atoms with van der Waals surface area (Å²) in [5.41, 5.74) is 0.829. The van der Waals surface area contributed by atoms with Crippen molar-refractivity contribution in [3.63, 3.8) is 0 Å². The number of likely N-dealkylation sites (N-methyl/N-ethyl adjacent to an activating group) is 1. The fraction of sp³-hybridized carbons (Fsp3) is 0.429. The Morgan fingerprint density at radius 2 is 1.70 bits per heavy atom. The Kier molecular flexibility index (Phi) is 10.3. The molecule has 0 spiro atoms. The SMILES string of the molecule is CCN1CCN(C(=S)SCCCN(c2cc(OC)c(OC)c(OC)c2)S(=O)(=O)c2cccc3cccnc23)CC1. The van der Waals surface area contributed by atoms with E-state index in [1.807, 2.05) is 12.1 Å². The molecule has 40 heavy (non-hydrogen) atoms. The summed E-state index contributed by atoms with van der Waals surface area (Å²) in [6.45, 7) is 7.28. The maximum absolute atomic E-state index is 14.3. The van der Waals surface area contributed by atoms with E-state index in [0.29, 0.717) is 40.6 Å². The summed E-state index contributed by atoms with van der Waals surface area (Å²) in [5.74, 6) is 1.81. The summed E-state index contributed by atoms with van der Waals surface area (Å²) in [4.78, 5) is 9.18. The number of sulfonamides is 1. The molecule has 0 bridgehead atoms. The summed E-state index contributed by atoms with van der Waals surface area (Å²) < 4.78 is 47.3. The average molecular weight is 605 g/mol. The largest absolute Gasteiger partial charge is 0.493 e. The third-order valence-corrected chi connectivity index (χ3v) is 10.4. The van der Waals surface area contributed by atoms with Crippen LogP contribution in [0.2, 0.25) is 0 Å². The number of thioether (sulfide) groups is 1. The summed E-state index contributed by atoms with van der Waals surface area (Å²) in [6, 6.07) is 12.1. The number of ether oxygens (including phenoxy) is 3. The van der Waals surface area contributed by atoms with Crippen LogP contribution in [0.4, 0.5) is 5.69 Å². The molecule has 3 aromatic rings. The third-order valence-electron chi connectivity index (χ3n) is 6.91. The van der Waals surface area contributed by atoms with Gasteiger partial charge in [0, 0.05) is 62.2 Å². The van der Waals surface area contributed by atoms with Gasteiger partial charge in [-0.1, -0.05) is 49.1 Å². The van der Waals surface area contributed by atoms with Gasteiger partial charge in [-0.3, -0.25) is 9.29 Å². The van der Waals surface area contributed by atoms with E-state index < -0.39 is 10.0 Å². The fourth-order valence-electron chi connectivity index (χ4n) is 4.71. The molecule has 216 valence electrons. The van der Waals surface area contributed by atoms with Gasteiger partial charge in [-0.25, -0.2) is 8.42 Å². The number of piperazine rings is 1. The fourth-order valence-corrected chi connectivity index (χ4v) is 7.61. The van der Waals surface area contributed by atoms with Gasteiger partial charge >= 0.3 is 0 Å². The Morgan fingerprint density at radius 3 is 2.33 bits per heavy atom. The molecular weight excluding hydrogens is 569 g/mol. The lowest BCUT2D eigenvalue weighted by atomic mass is 10.2. The van der Waals surface area contributed by atoms with Gasteiger partial charge in [0.15, 0.2) is 11.5 Å². The Labute approximate surface area is 246 Å². The minimum Gasteiger partial charge on any atom is -0.493 e. The number of benzene rings is 2. The molecule has 0 atom stereocenters. The van der Waals surface area contributed by atoms with Crippen molar-refractivity contribution in [3.8, 4) is 17.2 Å². The number of rotatable bonds is 11. The van der Waals surface area contributed by atoms with Gasteiger partial charge < -0.3 is 24.0 Å². The molecule has 1 aromatic heterocycles. The van der Waals surface area contributed by atoms with Crippen molar-refractivity contribution in [3.05, 3.63) is 48.7 Å². The predicted octanol–water partition coefficient (Wildman–Crippen LogP) is 4.50. The standard InChI is InChI=1S/C28H36N4O5S3/c1-5-30-14-16-31(17-15-30)28(38)39-18-8-13-32(22-19-23(35-2)27(37-4)24(20-22)36-3)40(33,34)25-11-6-9-21-10-7-12-29-26(21)25/h6-7,9-12,19-20H,5,8,13-18H2,1-4H3. The number of aromatic nitrogens is 1. The highest BCUT2D eigenvalue weighted by molar-refractivity contribution is 8.22. The number of fused-ring (bicyclic) bond motifs is 1. The Morgan fingerprint density at radius 1 is 1.02 bits per heavy atom. The molecular formula is C28H36N4O5S3. The van der Waals surface area contributed by atoms with Gasteiger partial charge in [0.1, 0.15) is 9.22 Å². The van der Waals surface area contributed by atoms with E-state index in [4.69, 9.17) is 26.4 Å². The van der Waals surface area contributed by atoms with E-state index in [-0.39, 0.29) is 11.4 Å². The number of hydrogen-bond acceptors (Lipinski definition) is 9. The van der Waals surface area contributed by atoms with Crippen LogP contribution in [0, 0.1) is 0 Å². The van der Waals surface area contributed by atoms with Crippen molar-refractivity contribution >= 4 is 54.9 Å². The first-order chi connectivity index (χ1) is 19.3. The quantitative estimate of drug-likeness (QED) is 0.230. The predicted molar refractivity (Wildman–Crippen MR) is 166 cm³/mol. The Bertz CT molecular complexity index is 1400. The van der Waals surface area contributed by atoms with Gasteiger partial charge in [-0.15, -0.1) is 0 Å². The molecule has 12 heteroatoms. The van der Waals surface area contributed by atoms with E-state index in [9.17, 15) is 8.42 Å². The topological polar surface area (TPSA) is 84.4 Å². The van der Waals surface area contributed by atoms with Crippen LogP contribution in [0.1, 0.15) is 13.3 Å². The van der Waals surface area contributed by atoms with Gasteiger partial charge in [0.05, 0.1) is 32.5 Å². The highest BCUT2D eigenvalue weighted by Crippen LogP contribution is 2.42. The first-order valence-electron chi connectivity index (χ1n) is 13.1. The zero-order valence-corrected chi connectivity index (χ0v) is 25.8. The van der Waals surface area contributed by atoms with Crippen LogP contribution in [-0.4, -0.2) is 93.9 Å². The molecule has 0 aliphatic carbocycles. The van der Waals surface area contributed by atoms with E-state index >= 15 is 0 Å². The van der Waals surface area contributed by atoms with E-state index in [1.165, 1.54) is 25.6 Å². The molecule has 9 nitrogen and oxygen atoms in total. The van der Waals surface area contributed by atoms with E-state index in [0.717, 1.165) is 42.4 Å². The van der Waals surface area contributed by atoms with Crippen molar-refractivity contribution in [1.29, 1.82) is 0 Å². The van der Waals surface area contributed by atoms with Crippen LogP contribution in [0.15, 0.2) is 53.6 Å². The number of pyridine rings is 1. The zero-order valence-electron chi connectivity index (χ0n) is 23.3. The summed E-state index contributed by atoms with van der Waals surface area (Å²) in [6.07, 6.45) is 2.18. The summed E-state index contributed by atoms with van der Waals surface area (Å²) in [7, 11) is 0.506. The lowest BCUT2D eigenvalue weighted by molar-refractivity contribution is 0.193. The van der Waals surface area contributed by atoms with Gasteiger partial charge in [-0.05, 0) is 25.1 Å². The Hall–Kier alpha value is -2.80. The minimum absolute atomic E-state index is 0.135. The van der Waals surface area contributed by atoms with Crippen molar-refractivity contribution < 1.29 is 22.6 Å². The maximum atomic E-state index is 14.3. The normalized spacial score (nSPS) is 14.2. The number of thiocarbonyl (C=S) groups is 1. The molecule has 4 rings (SSSR count). The van der Waals surface area contributed by atoms with Crippen LogP contribution < -0.4 is 18.5 Å². The van der Waals surface area contributed by atoms with Crippen LogP contribution in [0.25, 0.3) is 10.9 Å². The first kappa shape index (κ1) is 30.2. The molecule has 0 unspecified atom stereocenters. The van der Waals surface area contributed by atoms with Gasteiger partial charge in [-0.2, -0.15) is 0 Å². The molecule has 2 aromatic carbocycles. The number of hydrogen-bond donors (Lipinski definition) is 0. The summed E-state index contributed by atoms with van der Waals surface area (Å²) >= 11 is 7.30. The highest BCUT2D eigenvalue weighted by Gasteiger charge is 2.29. The molecule has 1 aliphatic rings. The van der Waals surface area contributed by atoms with Gasteiger partial charge in [0.2, 0.25) is 5.75 Å². The summed E-state index contributed by atoms with van der Waals surface area (Å²) in [5, 5.41) is 0.748. The molecule has 1 aliphatic heterocycles. The van der Waals surface area contributed by atoms with Crippen LogP contribution in [0.5, 0.6) is 17.2 Å². The van der Waals surface area contributed by atoms with E-state index in [1.54, 1.807) is 48.3 Å². The lowest BCUT2D eigenvalue weighted by Crippen LogP contribution is -2.47. The average Bonchev–Trinajstić information content (AvgIpc) is 2.99. The second-order valence-corrected chi connectivity index (χ2v) is 12.7. The van der Waals surface area contributed by atoms with E-state index in [2.05, 4.69) is 21.7 Å². The monoisotopic (exact) mass is 604 g/mol. The number of nitrogens with zero attached hydrogens (tertiary/aromatic N) is 4. The molecule has 0 N–H and O–H groups in total. The molecule has 2 heterocycles. The van der Waals surface area contributed by atoms with Crippen molar-refractivity contribution in [2.75, 3.05) is 70.7 Å². The van der Waals surface area contributed by atoms with Crippen LogP contribution in [0.3, 0.4) is 0 Å². The zero-order chi connectivity index (χ0) is 28.7. The number of anilines is 1. The third kappa shape index (κ3) is 6.56. The van der Waals surface area contributed by atoms with Crippen molar-refractivity contribution in [2.45, 2.75) is 18.2 Å². The lowest BCUT2D eigenvalue weighted by Gasteiger charge is -2.35. The minimum atomic E-state index is -4.02. The number of para-hydroxylation sites is 1. The highest BCUT2D eigenvalue weighted by atomic mass is 32.2. The molecule has 1 saturated heterocycles. The van der Waals surface area contributed by atoms with Gasteiger partial charge in [0.25, 0.3) is 10.0 Å². The molecule has 0 amide bonds. The maximum Gasteiger partial charge on any atom is 0.266 e. The van der Waals surface area contributed by atoms with Crippen LogP contribution in [-0.2, 0) is 10.0 Å². The molecule has 0 radical (unpaired) electrons.